The molecule has 0 bridgehead atoms. The molecule has 4 aromatic carbocycles. The Balaban J connectivity index is 1.48. The van der Waals surface area contributed by atoms with Crippen molar-refractivity contribution in [3.05, 3.63) is 114 Å². The van der Waals surface area contributed by atoms with E-state index in [1.807, 2.05) is 37.3 Å². The van der Waals surface area contributed by atoms with E-state index in [2.05, 4.69) is 10.5 Å². The van der Waals surface area contributed by atoms with Gasteiger partial charge in [0.15, 0.2) is 0 Å². The Morgan fingerprint density at radius 1 is 0.878 bits per heavy atom. The lowest BCUT2D eigenvalue weighted by Crippen LogP contribution is -2.39. The van der Waals surface area contributed by atoms with Crippen molar-refractivity contribution in [3.63, 3.8) is 0 Å². The van der Waals surface area contributed by atoms with E-state index >= 15 is 0 Å². The number of aryl methyl sites for hydroxylation is 1. The number of carbonyl (C=O) groups excluding carboxylic acids is 1. The Morgan fingerprint density at radius 3 is 2.22 bits per heavy atom. The van der Waals surface area contributed by atoms with Crippen molar-refractivity contribution in [2.24, 2.45) is 5.10 Å². The first kappa shape index (κ1) is 29.2. The number of sulfonamides is 1. The topological polar surface area (TPSA) is 107 Å². The van der Waals surface area contributed by atoms with Gasteiger partial charge in [0.1, 0.15) is 30.4 Å². The van der Waals surface area contributed by atoms with Crippen LogP contribution in [0.3, 0.4) is 0 Å². The van der Waals surface area contributed by atoms with Crippen LogP contribution in [-0.2, 0) is 21.4 Å². The zero-order valence-electron chi connectivity index (χ0n) is 23.0. The highest BCUT2D eigenvalue weighted by atomic mass is 32.2. The molecule has 4 aromatic rings. The summed E-state index contributed by atoms with van der Waals surface area (Å²) in [5.74, 6) is 0.704. The first-order chi connectivity index (χ1) is 19.8. The summed E-state index contributed by atoms with van der Waals surface area (Å²) in [6.07, 6.45) is 1.46. The summed E-state index contributed by atoms with van der Waals surface area (Å²) in [4.78, 5) is 13.0. The van der Waals surface area contributed by atoms with Crippen molar-refractivity contribution in [2.45, 2.75) is 18.4 Å². The number of ether oxygens (including phenoxy) is 3. The summed E-state index contributed by atoms with van der Waals surface area (Å²) in [5, 5.41) is 4.01. The van der Waals surface area contributed by atoms with Crippen LogP contribution >= 0.6 is 0 Å². The number of methoxy groups -OCH3 is 2. The molecule has 10 heteroatoms. The third kappa shape index (κ3) is 7.64. The van der Waals surface area contributed by atoms with Gasteiger partial charge in [-0.1, -0.05) is 48.0 Å². The van der Waals surface area contributed by atoms with E-state index in [0.717, 1.165) is 21.0 Å². The van der Waals surface area contributed by atoms with Crippen molar-refractivity contribution in [3.8, 4) is 17.2 Å². The summed E-state index contributed by atoms with van der Waals surface area (Å²) in [5.41, 5.74) is 5.24. The average molecular weight is 574 g/mol. The Labute approximate surface area is 240 Å². The maximum absolute atomic E-state index is 13.7. The van der Waals surface area contributed by atoms with Crippen LogP contribution in [0.25, 0.3) is 0 Å². The molecule has 0 radical (unpaired) electrons. The van der Waals surface area contributed by atoms with Crippen LogP contribution in [0.2, 0.25) is 0 Å². The fourth-order valence-corrected chi connectivity index (χ4v) is 5.29. The third-order valence-corrected chi connectivity index (χ3v) is 7.86. The van der Waals surface area contributed by atoms with E-state index in [9.17, 15) is 13.2 Å². The molecule has 0 aromatic heterocycles. The Morgan fingerprint density at radius 2 is 1.56 bits per heavy atom. The maximum Gasteiger partial charge on any atom is 0.264 e. The van der Waals surface area contributed by atoms with Crippen molar-refractivity contribution in [1.29, 1.82) is 0 Å². The lowest BCUT2D eigenvalue weighted by molar-refractivity contribution is -0.119. The number of hydrogen-bond donors (Lipinski definition) is 1. The molecule has 41 heavy (non-hydrogen) atoms. The van der Waals surface area contributed by atoms with Crippen LogP contribution in [0.4, 0.5) is 5.69 Å². The highest BCUT2D eigenvalue weighted by molar-refractivity contribution is 7.92. The van der Waals surface area contributed by atoms with Gasteiger partial charge in [0.25, 0.3) is 15.9 Å². The van der Waals surface area contributed by atoms with Gasteiger partial charge in [0, 0.05) is 6.07 Å². The summed E-state index contributed by atoms with van der Waals surface area (Å²) in [6.45, 7) is 1.75. The van der Waals surface area contributed by atoms with E-state index < -0.39 is 22.5 Å². The molecule has 1 amide bonds. The molecular formula is C31H31N3O6S. The second kappa shape index (κ2) is 13.5. The van der Waals surface area contributed by atoms with Crippen LogP contribution in [-0.4, -0.2) is 41.3 Å². The maximum atomic E-state index is 13.7. The lowest BCUT2D eigenvalue weighted by atomic mass is 10.2. The normalized spacial score (nSPS) is 11.2. The van der Waals surface area contributed by atoms with Gasteiger partial charge in [-0.2, -0.15) is 5.10 Å². The molecule has 0 fully saturated rings. The molecule has 0 unspecified atom stereocenters. The van der Waals surface area contributed by atoms with Gasteiger partial charge in [0.05, 0.1) is 31.0 Å². The number of carbonyl (C=O) groups is 1. The molecule has 9 nitrogen and oxygen atoms in total. The molecule has 0 aliphatic carbocycles. The quantitative estimate of drug-likeness (QED) is 0.190. The summed E-state index contributed by atoms with van der Waals surface area (Å²) in [7, 11) is -1.27. The summed E-state index contributed by atoms with van der Waals surface area (Å²) in [6, 6.07) is 28.1. The minimum atomic E-state index is -4.16. The second-order valence-electron chi connectivity index (χ2n) is 9.00. The Bertz CT molecular complexity index is 1590. The molecule has 0 spiro atoms. The molecule has 0 aliphatic rings. The summed E-state index contributed by atoms with van der Waals surface area (Å²) >= 11 is 0. The minimum absolute atomic E-state index is 0.0267. The number of hydrogen-bond acceptors (Lipinski definition) is 7. The Hall–Kier alpha value is -4.83. The van der Waals surface area contributed by atoms with E-state index in [1.165, 1.54) is 38.6 Å². The van der Waals surface area contributed by atoms with Crippen molar-refractivity contribution < 1.29 is 27.4 Å². The van der Waals surface area contributed by atoms with Crippen LogP contribution in [0.5, 0.6) is 17.2 Å². The van der Waals surface area contributed by atoms with Gasteiger partial charge >= 0.3 is 0 Å². The largest absolute Gasteiger partial charge is 0.497 e. The number of benzene rings is 4. The molecule has 4 rings (SSSR count). The van der Waals surface area contributed by atoms with Crippen molar-refractivity contribution in [1.82, 2.24) is 5.43 Å². The second-order valence-corrected chi connectivity index (χ2v) is 10.9. The SMILES string of the molecule is COc1ccc(OC)c(N(CC(=O)N/N=C\c2ccc(OCc3ccccc3)cc2)S(=O)(=O)c2ccc(C)cc2)c1. The zero-order chi connectivity index (χ0) is 29.2. The smallest absolute Gasteiger partial charge is 0.264 e. The number of nitrogens with zero attached hydrogens (tertiary/aromatic N) is 2. The van der Waals surface area contributed by atoms with Crippen molar-refractivity contribution in [2.75, 3.05) is 25.1 Å². The zero-order valence-corrected chi connectivity index (χ0v) is 23.8. The molecule has 0 saturated carbocycles. The number of anilines is 1. The number of nitrogens with one attached hydrogen (secondary N) is 1. The third-order valence-electron chi connectivity index (χ3n) is 6.08. The number of hydrazone groups is 1. The van der Waals surface area contributed by atoms with Gasteiger partial charge in [-0.3, -0.25) is 9.10 Å². The fraction of sp³-hybridized carbons (Fsp3) is 0.161. The standard InChI is InChI=1S/C31H31N3O6S/c1-23-9-16-28(17-10-23)41(36,37)34(29-19-27(38-2)15-18-30(29)39-3)21-31(35)33-32-20-24-11-13-26(14-12-24)40-22-25-7-5-4-6-8-25/h4-20H,21-22H2,1-3H3,(H,33,35)/b32-20-. The molecule has 0 saturated heterocycles. The van der Waals surface area contributed by atoms with Crippen LogP contribution in [0.15, 0.2) is 107 Å². The van der Waals surface area contributed by atoms with E-state index in [0.29, 0.717) is 18.1 Å². The van der Waals surface area contributed by atoms with Gasteiger partial charge < -0.3 is 14.2 Å². The van der Waals surface area contributed by atoms with Crippen LogP contribution in [0, 0.1) is 6.92 Å². The first-order valence-electron chi connectivity index (χ1n) is 12.7. The van der Waals surface area contributed by atoms with Crippen molar-refractivity contribution >= 4 is 27.8 Å². The predicted octanol–water partition coefficient (Wildman–Crippen LogP) is 4.94. The van der Waals surface area contributed by atoms with Gasteiger partial charge in [-0.05, 0) is 66.6 Å². The molecule has 0 aliphatic heterocycles. The molecule has 212 valence electrons. The lowest BCUT2D eigenvalue weighted by Gasteiger charge is -2.25. The number of rotatable bonds is 12. The van der Waals surface area contributed by atoms with E-state index in [1.54, 1.807) is 48.5 Å². The number of amides is 1. The van der Waals surface area contributed by atoms with Gasteiger partial charge in [0.2, 0.25) is 0 Å². The van der Waals surface area contributed by atoms with Crippen LogP contribution < -0.4 is 23.9 Å². The van der Waals surface area contributed by atoms with Gasteiger partial charge in [-0.15, -0.1) is 0 Å². The molecule has 1 N–H and O–H groups in total. The highest BCUT2D eigenvalue weighted by Gasteiger charge is 2.30. The Kier molecular flexibility index (Phi) is 9.60. The monoisotopic (exact) mass is 573 g/mol. The molecular weight excluding hydrogens is 542 g/mol. The molecule has 0 heterocycles. The minimum Gasteiger partial charge on any atom is -0.497 e. The van der Waals surface area contributed by atoms with Crippen LogP contribution in [0.1, 0.15) is 16.7 Å². The highest BCUT2D eigenvalue weighted by Crippen LogP contribution is 2.35. The van der Waals surface area contributed by atoms with E-state index in [4.69, 9.17) is 14.2 Å². The summed E-state index contributed by atoms with van der Waals surface area (Å²) < 4.78 is 44.9. The molecule has 0 atom stereocenters. The fourth-order valence-electron chi connectivity index (χ4n) is 3.86. The predicted molar refractivity (Wildman–Crippen MR) is 158 cm³/mol. The van der Waals surface area contributed by atoms with Gasteiger partial charge in [-0.25, -0.2) is 13.8 Å². The average Bonchev–Trinajstić information content (AvgIpc) is 3.00. The first-order valence-corrected chi connectivity index (χ1v) is 14.1. The van der Waals surface area contributed by atoms with E-state index in [-0.39, 0.29) is 16.3 Å².